The van der Waals surface area contributed by atoms with Crippen molar-refractivity contribution in [1.29, 1.82) is 0 Å². The van der Waals surface area contributed by atoms with Gasteiger partial charge in [-0.25, -0.2) is 0 Å². The second kappa shape index (κ2) is 5.90. The topological polar surface area (TPSA) is 29.3 Å². The van der Waals surface area contributed by atoms with Crippen LogP contribution in [0.5, 0.6) is 0 Å². The molecule has 1 aromatic rings. The first-order chi connectivity index (χ1) is 7.56. The SMILES string of the molecule is CCC(C)N(C)c1ccccc1CC(C)N. The minimum Gasteiger partial charge on any atom is -0.372 e. The Morgan fingerprint density at radius 2 is 1.88 bits per heavy atom. The Kier molecular flexibility index (Phi) is 4.81. The highest BCUT2D eigenvalue weighted by atomic mass is 15.1. The summed E-state index contributed by atoms with van der Waals surface area (Å²) in [6, 6.07) is 9.33. The van der Waals surface area contributed by atoms with Crippen molar-refractivity contribution in [2.24, 2.45) is 5.73 Å². The highest BCUT2D eigenvalue weighted by Crippen LogP contribution is 2.22. The summed E-state index contributed by atoms with van der Waals surface area (Å²) in [5.41, 5.74) is 8.55. The maximum Gasteiger partial charge on any atom is 0.0399 e. The summed E-state index contributed by atoms with van der Waals surface area (Å²) < 4.78 is 0. The molecule has 0 spiro atoms. The number of hydrogen-bond acceptors (Lipinski definition) is 2. The van der Waals surface area contributed by atoms with Crippen molar-refractivity contribution < 1.29 is 0 Å². The first-order valence-electron chi connectivity index (χ1n) is 6.12. The number of rotatable bonds is 5. The van der Waals surface area contributed by atoms with Crippen LogP contribution < -0.4 is 10.6 Å². The zero-order chi connectivity index (χ0) is 12.1. The molecule has 2 atom stereocenters. The van der Waals surface area contributed by atoms with Crippen LogP contribution in [0.15, 0.2) is 24.3 Å². The summed E-state index contributed by atoms with van der Waals surface area (Å²) in [5, 5.41) is 0. The molecule has 0 saturated heterocycles. The fraction of sp³-hybridized carbons (Fsp3) is 0.571. The number of hydrogen-bond donors (Lipinski definition) is 1. The van der Waals surface area contributed by atoms with E-state index in [0.29, 0.717) is 6.04 Å². The fourth-order valence-corrected chi connectivity index (χ4v) is 1.89. The monoisotopic (exact) mass is 220 g/mol. The lowest BCUT2D eigenvalue weighted by Gasteiger charge is -2.28. The van der Waals surface area contributed by atoms with E-state index in [0.717, 1.165) is 12.8 Å². The van der Waals surface area contributed by atoms with Crippen molar-refractivity contribution in [3.8, 4) is 0 Å². The molecule has 90 valence electrons. The van der Waals surface area contributed by atoms with Crippen molar-refractivity contribution in [2.45, 2.75) is 45.7 Å². The third-order valence-corrected chi connectivity index (χ3v) is 3.17. The predicted octanol–water partition coefficient (Wildman–Crippen LogP) is 2.81. The average Bonchev–Trinajstić information content (AvgIpc) is 2.27. The molecule has 1 rings (SSSR count). The molecule has 2 unspecified atom stereocenters. The van der Waals surface area contributed by atoms with Gasteiger partial charge < -0.3 is 10.6 Å². The summed E-state index contributed by atoms with van der Waals surface area (Å²) in [6.07, 6.45) is 2.10. The molecule has 0 radical (unpaired) electrons. The summed E-state index contributed by atoms with van der Waals surface area (Å²) in [7, 11) is 2.16. The van der Waals surface area contributed by atoms with Gasteiger partial charge in [-0.05, 0) is 38.3 Å². The van der Waals surface area contributed by atoms with Crippen LogP contribution in [0.2, 0.25) is 0 Å². The molecule has 0 aliphatic rings. The van der Waals surface area contributed by atoms with Gasteiger partial charge >= 0.3 is 0 Å². The number of benzene rings is 1. The molecular formula is C14H24N2. The molecule has 0 aromatic heterocycles. The Hall–Kier alpha value is -1.02. The molecule has 2 nitrogen and oxygen atoms in total. The number of anilines is 1. The van der Waals surface area contributed by atoms with Crippen LogP contribution in [0.3, 0.4) is 0 Å². The van der Waals surface area contributed by atoms with E-state index < -0.39 is 0 Å². The molecule has 2 heteroatoms. The van der Waals surface area contributed by atoms with E-state index >= 15 is 0 Å². The number of nitrogens with two attached hydrogens (primary N) is 1. The van der Waals surface area contributed by atoms with Gasteiger partial charge in [0.2, 0.25) is 0 Å². The molecular weight excluding hydrogens is 196 g/mol. The Morgan fingerprint density at radius 3 is 2.44 bits per heavy atom. The molecule has 0 heterocycles. The van der Waals surface area contributed by atoms with Crippen LogP contribution in [-0.2, 0) is 6.42 Å². The molecule has 0 bridgehead atoms. The molecule has 1 aromatic carbocycles. The van der Waals surface area contributed by atoms with Gasteiger partial charge in [0, 0.05) is 24.8 Å². The van der Waals surface area contributed by atoms with Gasteiger partial charge in [0.25, 0.3) is 0 Å². The van der Waals surface area contributed by atoms with Gasteiger partial charge in [-0.1, -0.05) is 25.1 Å². The van der Waals surface area contributed by atoms with E-state index in [1.165, 1.54) is 11.3 Å². The second-order valence-electron chi connectivity index (χ2n) is 4.68. The number of para-hydroxylation sites is 1. The zero-order valence-electron chi connectivity index (χ0n) is 10.9. The van der Waals surface area contributed by atoms with Gasteiger partial charge in [0.1, 0.15) is 0 Å². The first-order valence-corrected chi connectivity index (χ1v) is 6.12. The Bertz CT molecular complexity index is 320. The van der Waals surface area contributed by atoms with Gasteiger partial charge in [0.15, 0.2) is 0 Å². The van der Waals surface area contributed by atoms with Crippen molar-refractivity contribution in [3.63, 3.8) is 0 Å². The highest BCUT2D eigenvalue weighted by molar-refractivity contribution is 5.54. The fourth-order valence-electron chi connectivity index (χ4n) is 1.89. The lowest BCUT2D eigenvalue weighted by molar-refractivity contribution is 0.656. The smallest absolute Gasteiger partial charge is 0.0399 e. The van der Waals surface area contributed by atoms with E-state index in [1.807, 2.05) is 0 Å². The maximum atomic E-state index is 5.88. The molecule has 0 aliphatic carbocycles. The standard InChI is InChI=1S/C14H24N2/c1-5-12(3)16(4)14-9-7-6-8-13(14)10-11(2)15/h6-9,11-12H,5,10,15H2,1-4H3. The van der Waals surface area contributed by atoms with Gasteiger partial charge in [-0.2, -0.15) is 0 Å². The van der Waals surface area contributed by atoms with Gasteiger partial charge in [-0.15, -0.1) is 0 Å². The largest absolute Gasteiger partial charge is 0.372 e. The Labute approximate surface area is 99.5 Å². The summed E-state index contributed by atoms with van der Waals surface area (Å²) in [5.74, 6) is 0. The predicted molar refractivity (Wildman–Crippen MR) is 72.0 cm³/mol. The van der Waals surface area contributed by atoms with Crippen LogP contribution in [0.25, 0.3) is 0 Å². The maximum absolute atomic E-state index is 5.88. The normalized spacial score (nSPS) is 14.6. The molecule has 0 saturated carbocycles. The average molecular weight is 220 g/mol. The van der Waals surface area contributed by atoms with E-state index in [1.54, 1.807) is 0 Å². The summed E-state index contributed by atoms with van der Waals surface area (Å²) in [4.78, 5) is 2.34. The van der Waals surface area contributed by atoms with Gasteiger partial charge in [0.05, 0.1) is 0 Å². The van der Waals surface area contributed by atoms with E-state index in [9.17, 15) is 0 Å². The molecule has 0 amide bonds. The summed E-state index contributed by atoms with van der Waals surface area (Å²) in [6.45, 7) is 6.53. The zero-order valence-corrected chi connectivity index (χ0v) is 10.9. The minimum absolute atomic E-state index is 0.214. The van der Waals surface area contributed by atoms with Crippen LogP contribution in [0, 0.1) is 0 Å². The van der Waals surface area contributed by atoms with Crippen LogP contribution in [0.4, 0.5) is 5.69 Å². The Balaban J connectivity index is 2.93. The third kappa shape index (κ3) is 3.24. The molecule has 0 fully saturated rings. The van der Waals surface area contributed by atoms with Crippen LogP contribution >= 0.6 is 0 Å². The van der Waals surface area contributed by atoms with E-state index in [4.69, 9.17) is 5.73 Å². The van der Waals surface area contributed by atoms with Crippen molar-refractivity contribution >= 4 is 5.69 Å². The molecule has 2 N–H and O–H groups in total. The van der Waals surface area contributed by atoms with Crippen molar-refractivity contribution in [3.05, 3.63) is 29.8 Å². The van der Waals surface area contributed by atoms with Crippen LogP contribution in [0.1, 0.15) is 32.8 Å². The second-order valence-corrected chi connectivity index (χ2v) is 4.68. The number of nitrogens with zero attached hydrogens (tertiary/aromatic N) is 1. The highest BCUT2D eigenvalue weighted by Gasteiger charge is 2.12. The van der Waals surface area contributed by atoms with E-state index in [2.05, 4.69) is 57.0 Å². The van der Waals surface area contributed by atoms with E-state index in [-0.39, 0.29) is 6.04 Å². The quantitative estimate of drug-likeness (QED) is 0.826. The van der Waals surface area contributed by atoms with Crippen LogP contribution in [-0.4, -0.2) is 19.1 Å². The lowest BCUT2D eigenvalue weighted by atomic mass is 10.0. The first kappa shape index (κ1) is 13.0. The third-order valence-electron chi connectivity index (χ3n) is 3.17. The van der Waals surface area contributed by atoms with Gasteiger partial charge in [-0.3, -0.25) is 0 Å². The Morgan fingerprint density at radius 1 is 1.25 bits per heavy atom. The van der Waals surface area contributed by atoms with Crippen molar-refractivity contribution in [2.75, 3.05) is 11.9 Å². The minimum atomic E-state index is 0.214. The lowest BCUT2D eigenvalue weighted by Crippen LogP contribution is -2.29. The summed E-state index contributed by atoms with van der Waals surface area (Å²) >= 11 is 0. The molecule has 16 heavy (non-hydrogen) atoms. The molecule has 0 aliphatic heterocycles. The van der Waals surface area contributed by atoms with Crippen molar-refractivity contribution in [1.82, 2.24) is 0 Å².